The summed E-state index contributed by atoms with van der Waals surface area (Å²) in [6.07, 6.45) is 0.681. The summed E-state index contributed by atoms with van der Waals surface area (Å²) in [7, 11) is -0.653. The van der Waals surface area contributed by atoms with Crippen LogP contribution >= 0.6 is 0 Å². The zero-order chi connectivity index (χ0) is 19.7. The molecule has 7 nitrogen and oxygen atoms in total. The van der Waals surface area contributed by atoms with E-state index < -0.39 is 10.0 Å². The number of nitrogens with one attached hydrogen (secondary N) is 2. The fraction of sp³-hybridized carbons (Fsp3) is 0.316. The summed E-state index contributed by atoms with van der Waals surface area (Å²) < 4.78 is 37.8. The minimum atomic E-state index is -3.77. The Morgan fingerprint density at radius 1 is 1.07 bits per heavy atom. The van der Waals surface area contributed by atoms with Gasteiger partial charge in [0.2, 0.25) is 10.0 Å². The third-order valence-electron chi connectivity index (χ3n) is 3.86. The van der Waals surface area contributed by atoms with Gasteiger partial charge in [-0.1, -0.05) is 24.3 Å². The number of carbonyl (C=O) groups is 1. The summed E-state index contributed by atoms with van der Waals surface area (Å²) in [5, 5.41) is 2.73. The normalized spacial score (nSPS) is 11.2. The maximum atomic E-state index is 12.6. The van der Waals surface area contributed by atoms with Crippen LogP contribution in [0.1, 0.15) is 22.3 Å². The molecule has 0 aliphatic carbocycles. The molecule has 0 spiro atoms. The lowest BCUT2D eigenvalue weighted by Crippen LogP contribution is -2.26. The van der Waals surface area contributed by atoms with Gasteiger partial charge in [0.1, 0.15) is 5.75 Å². The molecule has 2 N–H and O–H groups in total. The third-order valence-corrected chi connectivity index (χ3v) is 5.26. The maximum absolute atomic E-state index is 12.6. The van der Waals surface area contributed by atoms with Crippen LogP contribution in [0.25, 0.3) is 0 Å². The Morgan fingerprint density at radius 3 is 2.59 bits per heavy atom. The molecule has 0 aromatic heterocycles. The fourth-order valence-corrected chi connectivity index (χ4v) is 3.48. The molecule has 0 aliphatic heterocycles. The standard InChI is InChI=1S/C19H24N2O5S/c1-25-12-6-11-20-19(22)15-8-5-9-17(13-15)27(23,24)21-14-16-7-3-4-10-18(16)26-2/h3-5,7-10,13,21H,6,11-12,14H2,1-2H3,(H,20,22). The van der Waals surface area contributed by atoms with Crippen molar-refractivity contribution in [1.29, 1.82) is 0 Å². The number of ether oxygens (including phenoxy) is 2. The first-order valence-electron chi connectivity index (χ1n) is 8.46. The van der Waals surface area contributed by atoms with E-state index in [4.69, 9.17) is 9.47 Å². The number of sulfonamides is 1. The van der Waals surface area contributed by atoms with Crippen LogP contribution in [0.3, 0.4) is 0 Å². The second kappa shape index (κ2) is 10.1. The Bertz CT molecular complexity index is 868. The molecule has 146 valence electrons. The molecule has 0 saturated heterocycles. The van der Waals surface area contributed by atoms with Gasteiger partial charge in [-0.2, -0.15) is 0 Å². The number of carbonyl (C=O) groups excluding carboxylic acids is 1. The van der Waals surface area contributed by atoms with Crippen molar-refractivity contribution < 1.29 is 22.7 Å². The number of hydrogen-bond acceptors (Lipinski definition) is 5. The van der Waals surface area contributed by atoms with Gasteiger partial charge in [-0.15, -0.1) is 0 Å². The zero-order valence-electron chi connectivity index (χ0n) is 15.4. The van der Waals surface area contributed by atoms with Gasteiger partial charge in [0.15, 0.2) is 0 Å². The molecule has 2 aromatic rings. The third kappa shape index (κ3) is 6.06. The minimum Gasteiger partial charge on any atom is -0.496 e. The molecule has 0 fully saturated rings. The summed E-state index contributed by atoms with van der Waals surface area (Å²) in [5.41, 5.74) is 1.00. The second-order valence-corrected chi connectivity index (χ2v) is 7.53. The van der Waals surface area contributed by atoms with E-state index >= 15 is 0 Å². The van der Waals surface area contributed by atoms with E-state index in [1.165, 1.54) is 19.2 Å². The van der Waals surface area contributed by atoms with E-state index in [1.807, 2.05) is 6.07 Å². The Hall–Kier alpha value is -2.42. The number of benzene rings is 2. The predicted octanol–water partition coefficient (Wildman–Crippen LogP) is 1.94. The van der Waals surface area contributed by atoms with Crippen LogP contribution < -0.4 is 14.8 Å². The average molecular weight is 392 g/mol. The average Bonchev–Trinajstić information content (AvgIpc) is 2.70. The van der Waals surface area contributed by atoms with Crippen molar-refractivity contribution >= 4 is 15.9 Å². The van der Waals surface area contributed by atoms with Crippen molar-refractivity contribution in [2.75, 3.05) is 27.4 Å². The number of methoxy groups -OCH3 is 2. The predicted molar refractivity (Wildman–Crippen MR) is 102 cm³/mol. The van der Waals surface area contributed by atoms with Crippen LogP contribution in [0.5, 0.6) is 5.75 Å². The Labute approximate surface area is 159 Å². The summed E-state index contributed by atoms with van der Waals surface area (Å²) in [6.45, 7) is 1.08. The lowest BCUT2D eigenvalue weighted by Gasteiger charge is -2.11. The van der Waals surface area contributed by atoms with Crippen molar-refractivity contribution in [3.05, 3.63) is 59.7 Å². The van der Waals surface area contributed by atoms with E-state index in [0.717, 1.165) is 5.56 Å². The summed E-state index contributed by atoms with van der Waals surface area (Å²) >= 11 is 0. The highest BCUT2D eigenvalue weighted by Gasteiger charge is 2.17. The van der Waals surface area contributed by atoms with E-state index in [9.17, 15) is 13.2 Å². The molecule has 2 rings (SSSR count). The van der Waals surface area contributed by atoms with Gasteiger partial charge in [0, 0.05) is 37.9 Å². The van der Waals surface area contributed by atoms with E-state index in [0.29, 0.717) is 25.3 Å². The molecule has 0 aliphatic rings. The van der Waals surface area contributed by atoms with E-state index in [-0.39, 0.29) is 22.9 Å². The maximum Gasteiger partial charge on any atom is 0.251 e. The number of para-hydroxylation sites is 1. The largest absolute Gasteiger partial charge is 0.496 e. The highest BCUT2D eigenvalue weighted by atomic mass is 32.2. The minimum absolute atomic E-state index is 0.0296. The molecule has 0 atom stereocenters. The lowest BCUT2D eigenvalue weighted by molar-refractivity contribution is 0.0948. The smallest absolute Gasteiger partial charge is 0.251 e. The van der Waals surface area contributed by atoms with Crippen molar-refractivity contribution in [1.82, 2.24) is 10.0 Å². The first-order valence-corrected chi connectivity index (χ1v) is 9.95. The summed E-state index contributed by atoms with van der Waals surface area (Å²) in [4.78, 5) is 12.2. The van der Waals surface area contributed by atoms with Gasteiger partial charge >= 0.3 is 0 Å². The Morgan fingerprint density at radius 2 is 1.85 bits per heavy atom. The molecule has 1 amide bonds. The number of amides is 1. The lowest BCUT2D eigenvalue weighted by atomic mass is 10.2. The molecule has 2 aromatic carbocycles. The van der Waals surface area contributed by atoms with Crippen LogP contribution in [0, 0.1) is 0 Å². The van der Waals surface area contributed by atoms with Crippen molar-refractivity contribution in [3.8, 4) is 5.75 Å². The molecule has 0 radical (unpaired) electrons. The van der Waals surface area contributed by atoms with Crippen LogP contribution in [0.2, 0.25) is 0 Å². The van der Waals surface area contributed by atoms with Gasteiger partial charge in [0.25, 0.3) is 5.91 Å². The van der Waals surface area contributed by atoms with Gasteiger partial charge in [-0.3, -0.25) is 4.79 Å². The van der Waals surface area contributed by atoms with Gasteiger partial charge in [-0.05, 0) is 30.7 Å². The molecule has 0 heterocycles. The number of hydrogen-bond donors (Lipinski definition) is 2. The van der Waals surface area contributed by atoms with Crippen LogP contribution in [-0.4, -0.2) is 41.7 Å². The molecule has 0 bridgehead atoms. The van der Waals surface area contributed by atoms with Crippen molar-refractivity contribution in [2.24, 2.45) is 0 Å². The quantitative estimate of drug-likeness (QED) is 0.603. The molecule has 0 unspecified atom stereocenters. The van der Waals surface area contributed by atoms with Gasteiger partial charge in [-0.25, -0.2) is 13.1 Å². The molecular weight excluding hydrogens is 368 g/mol. The van der Waals surface area contributed by atoms with Gasteiger partial charge < -0.3 is 14.8 Å². The topological polar surface area (TPSA) is 93.7 Å². The van der Waals surface area contributed by atoms with Crippen molar-refractivity contribution in [3.63, 3.8) is 0 Å². The van der Waals surface area contributed by atoms with Crippen LogP contribution in [0.4, 0.5) is 0 Å². The first kappa shape index (κ1) is 20.9. The highest BCUT2D eigenvalue weighted by Crippen LogP contribution is 2.18. The second-order valence-electron chi connectivity index (χ2n) is 5.77. The van der Waals surface area contributed by atoms with Gasteiger partial charge in [0.05, 0.1) is 12.0 Å². The fourth-order valence-electron chi connectivity index (χ4n) is 2.43. The van der Waals surface area contributed by atoms with Crippen LogP contribution in [-0.2, 0) is 21.3 Å². The van der Waals surface area contributed by atoms with E-state index in [1.54, 1.807) is 37.4 Å². The molecule has 27 heavy (non-hydrogen) atoms. The Kier molecular flexibility index (Phi) is 7.78. The van der Waals surface area contributed by atoms with Crippen LogP contribution in [0.15, 0.2) is 53.4 Å². The molecule has 0 saturated carbocycles. The number of rotatable bonds is 10. The van der Waals surface area contributed by atoms with Crippen molar-refractivity contribution in [2.45, 2.75) is 17.9 Å². The summed E-state index contributed by atoms with van der Waals surface area (Å²) in [6, 6.07) is 13.1. The summed E-state index contributed by atoms with van der Waals surface area (Å²) in [5.74, 6) is 0.275. The SMILES string of the molecule is COCCCNC(=O)c1cccc(S(=O)(=O)NCc2ccccc2OC)c1. The zero-order valence-corrected chi connectivity index (χ0v) is 16.2. The molecule has 8 heteroatoms. The monoisotopic (exact) mass is 392 g/mol. The Balaban J connectivity index is 2.06. The first-order chi connectivity index (χ1) is 13.0. The highest BCUT2D eigenvalue weighted by molar-refractivity contribution is 7.89. The molecular formula is C19H24N2O5S. The van der Waals surface area contributed by atoms with E-state index in [2.05, 4.69) is 10.0 Å².